The van der Waals surface area contributed by atoms with Gasteiger partial charge in [-0.15, -0.1) is 5.10 Å². The lowest BCUT2D eigenvalue weighted by atomic mass is 9.94. The summed E-state index contributed by atoms with van der Waals surface area (Å²) in [7, 11) is 0. The maximum Gasteiger partial charge on any atom is 0.226 e. The third-order valence-electron chi connectivity index (χ3n) is 6.73. The quantitative estimate of drug-likeness (QED) is 0.785. The highest BCUT2D eigenvalue weighted by Gasteiger charge is 2.56. The molecule has 2 aliphatic rings. The van der Waals surface area contributed by atoms with Gasteiger partial charge in [-0.25, -0.2) is 0 Å². The van der Waals surface area contributed by atoms with E-state index in [-0.39, 0.29) is 5.92 Å². The zero-order valence-electron chi connectivity index (χ0n) is 16.3. The molecule has 1 saturated heterocycles. The second-order valence-electron chi connectivity index (χ2n) is 8.14. The largest absolute Gasteiger partial charge is 0.342 e. The molecule has 2 fully saturated rings. The lowest BCUT2D eigenvalue weighted by molar-refractivity contribution is -0.135. The van der Waals surface area contributed by atoms with Crippen LogP contribution in [0.25, 0.3) is 11.4 Å². The van der Waals surface area contributed by atoms with Gasteiger partial charge in [0.25, 0.3) is 0 Å². The van der Waals surface area contributed by atoms with Crippen molar-refractivity contribution in [3.8, 4) is 11.4 Å². The molecule has 0 bridgehead atoms. The predicted molar refractivity (Wildman–Crippen MR) is 104 cm³/mol. The van der Waals surface area contributed by atoms with Gasteiger partial charge in [0, 0.05) is 31.7 Å². The molecule has 2 aromatic heterocycles. The van der Waals surface area contributed by atoms with Gasteiger partial charge < -0.3 is 4.90 Å². The molecule has 0 aromatic carbocycles. The molecule has 1 atom stereocenters. The monoisotopic (exact) mass is 367 g/mol. The average Bonchev–Trinajstić information content (AvgIpc) is 3.29. The van der Waals surface area contributed by atoms with Crippen LogP contribution in [-0.4, -0.2) is 43.9 Å². The van der Waals surface area contributed by atoms with Gasteiger partial charge in [-0.3, -0.25) is 14.5 Å². The van der Waals surface area contributed by atoms with E-state index in [2.05, 4.69) is 34.0 Å². The number of aromatic nitrogens is 4. The maximum atomic E-state index is 12.8. The molecule has 1 unspecified atom stereocenters. The number of rotatable bonds is 6. The van der Waals surface area contributed by atoms with Gasteiger partial charge in [0.2, 0.25) is 5.91 Å². The lowest BCUT2D eigenvalue weighted by Crippen LogP contribution is -2.41. The molecular formula is C21H29N5O. The first-order chi connectivity index (χ1) is 13.1. The van der Waals surface area contributed by atoms with Crippen LogP contribution in [0.15, 0.2) is 30.6 Å². The minimum Gasteiger partial charge on any atom is -0.342 e. The summed E-state index contributed by atoms with van der Waals surface area (Å²) in [5.74, 6) is 1.23. The zero-order chi connectivity index (χ0) is 18.9. The van der Waals surface area contributed by atoms with Crippen LogP contribution in [0.2, 0.25) is 0 Å². The van der Waals surface area contributed by atoms with Crippen molar-refractivity contribution in [2.24, 2.45) is 17.3 Å². The normalized spacial score (nSPS) is 22.0. The number of likely N-dealkylation sites (tertiary alicyclic amines) is 1. The van der Waals surface area contributed by atoms with Gasteiger partial charge in [0.15, 0.2) is 0 Å². The molecule has 4 rings (SSSR count). The van der Waals surface area contributed by atoms with Crippen LogP contribution in [0.3, 0.4) is 0 Å². The molecule has 0 N–H and O–H groups in total. The van der Waals surface area contributed by atoms with E-state index in [0.717, 1.165) is 63.1 Å². The smallest absolute Gasteiger partial charge is 0.226 e. The van der Waals surface area contributed by atoms with Gasteiger partial charge in [-0.2, -0.15) is 0 Å². The second-order valence-corrected chi connectivity index (χ2v) is 8.14. The number of hydrogen-bond acceptors (Lipinski definition) is 4. The van der Waals surface area contributed by atoms with Gasteiger partial charge in [-0.1, -0.05) is 25.1 Å². The Bertz CT molecular complexity index is 775. The molecule has 6 heteroatoms. The van der Waals surface area contributed by atoms with Crippen LogP contribution in [0.4, 0.5) is 0 Å². The molecule has 0 spiro atoms. The fourth-order valence-corrected chi connectivity index (χ4v) is 4.57. The Hall–Kier alpha value is -2.24. The van der Waals surface area contributed by atoms with E-state index < -0.39 is 0 Å². The topological polar surface area (TPSA) is 63.9 Å². The van der Waals surface area contributed by atoms with Crippen molar-refractivity contribution in [1.29, 1.82) is 0 Å². The molecule has 144 valence electrons. The van der Waals surface area contributed by atoms with E-state index in [1.165, 1.54) is 0 Å². The number of pyridine rings is 1. The van der Waals surface area contributed by atoms with Crippen molar-refractivity contribution < 1.29 is 4.79 Å². The van der Waals surface area contributed by atoms with Gasteiger partial charge in [-0.05, 0) is 55.6 Å². The van der Waals surface area contributed by atoms with Crippen LogP contribution in [0, 0.1) is 17.3 Å². The van der Waals surface area contributed by atoms with Crippen LogP contribution in [0.5, 0.6) is 0 Å². The Kier molecular flexibility index (Phi) is 4.98. The third-order valence-corrected chi connectivity index (χ3v) is 6.73. The van der Waals surface area contributed by atoms with Crippen molar-refractivity contribution in [2.75, 3.05) is 13.1 Å². The summed E-state index contributed by atoms with van der Waals surface area (Å²) in [6.45, 7) is 7.07. The maximum absolute atomic E-state index is 12.8. The van der Waals surface area contributed by atoms with Crippen LogP contribution < -0.4 is 0 Å². The molecule has 27 heavy (non-hydrogen) atoms. The van der Waals surface area contributed by atoms with Crippen molar-refractivity contribution >= 4 is 5.91 Å². The first kappa shape index (κ1) is 18.1. The molecule has 6 nitrogen and oxygen atoms in total. The highest BCUT2D eigenvalue weighted by atomic mass is 16.2. The number of carbonyl (C=O) groups is 1. The Morgan fingerprint density at radius 1 is 1.19 bits per heavy atom. The van der Waals surface area contributed by atoms with E-state index in [1.807, 2.05) is 29.1 Å². The summed E-state index contributed by atoms with van der Waals surface area (Å²) in [5, 5.41) is 8.51. The summed E-state index contributed by atoms with van der Waals surface area (Å²) in [6, 6.07) is 5.80. The Morgan fingerprint density at radius 2 is 1.96 bits per heavy atom. The van der Waals surface area contributed by atoms with Crippen LogP contribution >= 0.6 is 0 Å². The molecule has 3 heterocycles. The van der Waals surface area contributed by atoms with E-state index in [0.29, 0.717) is 17.2 Å². The minimum atomic E-state index is 0.278. The summed E-state index contributed by atoms with van der Waals surface area (Å²) < 4.78 is 1.92. The first-order valence-electron chi connectivity index (χ1n) is 10.3. The molecule has 1 amide bonds. The Balaban J connectivity index is 1.29. The highest BCUT2D eigenvalue weighted by molar-refractivity contribution is 5.82. The SMILES string of the molecule is CCC1(CC)CC1C(=O)N1CCC(Cn2cc(-c3ccccn3)nn2)CC1. The number of amides is 1. The van der Waals surface area contributed by atoms with Gasteiger partial charge in [0.05, 0.1) is 11.9 Å². The molecule has 1 aliphatic carbocycles. The molecule has 1 aliphatic heterocycles. The van der Waals surface area contributed by atoms with Crippen molar-refractivity contribution in [1.82, 2.24) is 24.9 Å². The first-order valence-corrected chi connectivity index (χ1v) is 10.3. The fourth-order valence-electron chi connectivity index (χ4n) is 4.57. The van der Waals surface area contributed by atoms with Crippen molar-refractivity contribution in [3.63, 3.8) is 0 Å². The van der Waals surface area contributed by atoms with Crippen LogP contribution in [0.1, 0.15) is 46.0 Å². The minimum absolute atomic E-state index is 0.278. The summed E-state index contributed by atoms with van der Waals surface area (Å²) in [4.78, 5) is 19.2. The van der Waals surface area contributed by atoms with Crippen molar-refractivity contribution in [3.05, 3.63) is 30.6 Å². The van der Waals surface area contributed by atoms with E-state index >= 15 is 0 Å². The highest BCUT2D eigenvalue weighted by Crippen LogP contribution is 2.58. The molecule has 2 aromatic rings. The average molecular weight is 367 g/mol. The summed E-state index contributed by atoms with van der Waals surface area (Å²) >= 11 is 0. The van der Waals surface area contributed by atoms with Crippen LogP contribution in [-0.2, 0) is 11.3 Å². The Morgan fingerprint density at radius 3 is 2.59 bits per heavy atom. The summed E-state index contributed by atoms with van der Waals surface area (Å²) in [6.07, 6.45) is 9.18. The number of hydrogen-bond donors (Lipinski definition) is 0. The van der Waals surface area contributed by atoms with E-state index in [1.54, 1.807) is 6.20 Å². The number of nitrogens with zero attached hydrogens (tertiary/aromatic N) is 5. The van der Waals surface area contributed by atoms with Crippen molar-refractivity contribution in [2.45, 2.75) is 52.5 Å². The van der Waals surface area contributed by atoms with Gasteiger partial charge in [0.1, 0.15) is 5.69 Å². The predicted octanol–water partition coefficient (Wildman–Crippen LogP) is 3.41. The molecule has 1 saturated carbocycles. The van der Waals surface area contributed by atoms with E-state index in [9.17, 15) is 4.79 Å². The zero-order valence-corrected chi connectivity index (χ0v) is 16.3. The van der Waals surface area contributed by atoms with Gasteiger partial charge >= 0.3 is 0 Å². The third kappa shape index (κ3) is 3.62. The Labute approximate surface area is 161 Å². The fraction of sp³-hybridized carbons (Fsp3) is 0.619. The molecular weight excluding hydrogens is 338 g/mol. The standard InChI is InChI=1S/C21H29N5O/c1-3-21(4-2)13-17(21)20(27)25-11-8-16(9-12-25)14-26-15-19(23-24-26)18-7-5-6-10-22-18/h5-7,10,15-17H,3-4,8-9,11-14H2,1-2H3. The lowest BCUT2D eigenvalue weighted by Gasteiger charge is -2.32. The number of carbonyl (C=O) groups excluding carboxylic acids is 1. The second kappa shape index (κ2) is 7.41. The number of piperidine rings is 1. The summed E-state index contributed by atoms with van der Waals surface area (Å²) in [5.41, 5.74) is 1.97. The molecule has 0 radical (unpaired) electrons. The van der Waals surface area contributed by atoms with E-state index in [4.69, 9.17) is 0 Å².